The predicted octanol–water partition coefficient (Wildman–Crippen LogP) is 6.63. The van der Waals surface area contributed by atoms with Crippen LogP contribution in [0.4, 0.5) is 0 Å². The summed E-state index contributed by atoms with van der Waals surface area (Å²) in [5.41, 5.74) is 1.95. The van der Waals surface area contributed by atoms with Gasteiger partial charge in [0.25, 0.3) is 0 Å². The van der Waals surface area contributed by atoms with E-state index in [9.17, 15) is 9.90 Å². The molecule has 0 aromatic heterocycles. The van der Waals surface area contributed by atoms with Crippen molar-refractivity contribution in [1.29, 1.82) is 0 Å². The fraction of sp³-hybridized carbons (Fsp3) is 0.300. The molecule has 0 aliphatic carbocycles. The van der Waals surface area contributed by atoms with Gasteiger partial charge in [-0.05, 0) is 58.0 Å². The summed E-state index contributed by atoms with van der Waals surface area (Å²) in [6, 6.07) is 28.6. The Morgan fingerprint density at radius 3 is 1.97 bits per heavy atom. The van der Waals surface area contributed by atoms with Gasteiger partial charge in [-0.2, -0.15) is 11.8 Å². The summed E-state index contributed by atoms with van der Waals surface area (Å²) < 4.78 is 7.11. The number of thioether (sulfide) groups is 1. The molecular formula is C30H36O3SSi. The summed E-state index contributed by atoms with van der Waals surface area (Å²) in [4.78, 5) is 12.3. The van der Waals surface area contributed by atoms with Crippen molar-refractivity contribution in [3.63, 3.8) is 0 Å². The second kappa shape index (κ2) is 11.8. The fourth-order valence-corrected chi connectivity index (χ4v) is 9.74. The third kappa shape index (κ3) is 6.09. The summed E-state index contributed by atoms with van der Waals surface area (Å²) in [5, 5.41) is 12.3. The Bertz CT molecular complexity index is 1110. The molecular weight excluding hydrogens is 468 g/mol. The lowest BCUT2D eigenvalue weighted by atomic mass is 9.99. The summed E-state index contributed by atoms with van der Waals surface area (Å²) in [6.07, 6.45) is 0.750. The molecule has 0 unspecified atom stereocenters. The van der Waals surface area contributed by atoms with E-state index in [-0.39, 0.29) is 5.04 Å². The largest absolute Gasteiger partial charge is 0.534 e. The van der Waals surface area contributed by atoms with Gasteiger partial charge in [0.05, 0.1) is 5.57 Å². The highest BCUT2D eigenvalue weighted by atomic mass is 32.2. The standard InChI is InChI=1S/C30H36O3SSi/c1-6-34-21-20-23(2)28(29(31)32)24-14-13-15-25(22-24)33-35(30(3,4)5,26-16-9-7-10-17-26)27-18-11-8-12-19-27/h7-19,22H,6,20-21H2,1-5H3,(H,31,32). The van der Waals surface area contributed by atoms with Crippen molar-refractivity contribution in [3.05, 3.63) is 96.1 Å². The zero-order chi connectivity index (χ0) is 25.5. The van der Waals surface area contributed by atoms with Crippen LogP contribution >= 0.6 is 11.8 Å². The van der Waals surface area contributed by atoms with Gasteiger partial charge in [-0.25, -0.2) is 4.79 Å². The number of hydrogen-bond acceptors (Lipinski definition) is 3. The number of carboxylic acids is 1. The maximum atomic E-state index is 12.3. The first-order chi connectivity index (χ1) is 16.7. The third-order valence-corrected chi connectivity index (χ3v) is 12.1. The molecule has 0 heterocycles. The molecule has 0 saturated carbocycles. The van der Waals surface area contributed by atoms with Gasteiger partial charge in [-0.1, -0.05) is 106 Å². The highest BCUT2D eigenvalue weighted by molar-refractivity contribution is 7.99. The smallest absolute Gasteiger partial charge is 0.336 e. The topological polar surface area (TPSA) is 46.5 Å². The molecule has 35 heavy (non-hydrogen) atoms. The maximum absolute atomic E-state index is 12.3. The van der Waals surface area contributed by atoms with Crippen LogP contribution < -0.4 is 14.8 Å². The van der Waals surface area contributed by atoms with Gasteiger partial charge >= 0.3 is 14.3 Å². The van der Waals surface area contributed by atoms with E-state index < -0.39 is 14.3 Å². The van der Waals surface area contributed by atoms with Gasteiger partial charge in [-0.3, -0.25) is 0 Å². The van der Waals surface area contributed by atoms with Crippen LogP contribution in [-0.4, -0.2) is 30.9 Å². The molecule has 0 bridgehead atoms. The molecule has 3 rings (SSSR count). The first kappa shape index (κ1) is 26.8. The first-order valence-electron chi connectivity index (χ1n) is 12.1. The van der Waals surface area contributed by atoms with Crippen molar-refractivity contribution in [2.24, 2.45) is 0 Å². The minimum atomic E-state index is -2.79. The average molecular weight is 505 g/mol. The zero-order valence-electron chi connectivity index (χ0n) is 21.4. The summed E-state index contributed by atoms with van der Waals surface area (Å²) >= 11 is 1.82. The van der Waals surface area contributed by atoms with Gasteiger partial charge in [0.1, 0.15) is 5.75 Å². The van der Waals surface area contributed by atoms with Crippen molar-refractivity contribution >= 4 is 42.0 Å². The highest BCUT2D eigenvalue weighted by Crippen LogP contribution is 2.38. The van der Waals surface area contributed by atoms with Gasteiger partial charge in [-0.15, -0.1) is 0 Å². The molecule has 3 aromatic rings. The molecule has 184 valence electrons. The minimum Gasteiger partial charge on any atom is -0.534 e. The van der Waals surface area contributed by atoms with Crippen molar-refractivity contribution in [3.8, 4) is 5.75 Å². The van der Waals surface area contributed by atoms with E-state index >= 15 is 0 Å². The average Bonchev–Trinajstić information content (AvgIpc) is 2.83. The van der Waals surface area contributed by atoms with E-state index in [0.29, 0.717) is 16.9 Å². The van der Waals surface area contributed by atoms with Crippen LogP contribution in [0.15, 0.2) is 90.5 Å². The second-order valence-corrected chi connectivity index (χ2v) is 15.3. The highest BCUT2D eigenvalue weighted by Gasteiger charge is 2.52. The summed E-state index contributed by atoms with van der Waals surface area (Å²) in [5.74, 6) is 1.74. The molecule has 0 radical (unpaired) electrons. The quantitative estimate of drug-likeness (QED) is 0.191. The Labute approximate surface area is 215 Å². The molecule has 1 N–H and O–H groups in total. The Hall–Kier alpha value is -2.76. The zero-order valence-corrected chi connectivity index (χ0v) is 23.2. The van der Waals surface area contributed by atoms with Gasteiger partial charge in [0.2, 0.25) is 0 Å². The van der Waals surface area contributed by atoms with E-state index in [0.717, 1.165) is 23.5 Å². The minimum absolute atomic E-state index is 0.176. The predicted molar refractivity (Wildman–Crippen MR) is 153 cm³/mol. The van der Waals surface area contributed by atoms with Crippen molar-refractivity contribution in [2.75, 3.05) is 11.5 Å². The number of rotatable bonds is 10. The number of hydrogen-bond donors (Lipinski definition) is 1. The van der Waals surface area contributed by atoms with Crippen molar-refractivity contribution in [2.45, 2.75) is 46.1 Å². The molecule has 0 saturated heterocycles. The second-order valence-electron chi connectivity index (χ2n) is 9.70. The first-order valence-corrected chi connectivity index (χ1v) is 15.2. The molecule has 3 aromatic carbocycles. The Morgan fingerprint density at radius 2 is 1.49 bits per heavy atom. The van der Waals surface area contributed by atoms with Crippen LogP contribution in [0.1, 0.15) is 46.6 Å². The lowest BCUT2D eigenvalue weighted by Gasteiger charge is -2.43. The van der Waals surface area contributed by atoms with Gasteiger partial charge in [0.15, 0.2) is 0 Å². The maximum Gasteiger partial charge on any atom is 0.336 e. The summed E-state index contributed by atoms with van der Waals surface area (Å²) in [6.45, 7) is 10.8. The van der Waals surface area contributed by atoms with Crippen molar-refractivity contribution in [1.82, 2.24) is 0 Å². The van der Waals surface area contributed by atoms with Gasteiger partial charge in [0, 0.05) is 0 Å². The van der Waals surface area contributed by atoms with Crippen LogP contribution in [0.2, 0.25) is 5.04 Å². The van der Waals surface area contributed by atoms with Crippen LogP contribution in [0.5, 0.6) is 5.75 Å². The Balaban J connectivity index is 2.14. The van der Waals surface area contributed by atoms with Crippen LogP contribution in [-0.2, 0) is 4.79 Å². The molecule has 0 amide bonds. The molecule has 3 nitrogen and oxygen atoms in total. The van der Waals surface area contributed by atoms with Gasteiger partial charge < -0.3 is 9.53 Å². The monoisotopic (exact) mass is 504 g/mol. The summed E-state index contributed by atoms with van der Waals surface area (Å²) in [7, 11) is -2.79. The number of benzene rings is 3. The third-order valence-electron chi connectivity index (χ3n) is 6.28. The van der Waals surface area contributed by atoms with E-state index in [1.54, 1.807) is 0 Å². The van der Waals surface area contributed by atoms with Crippen molar-refractivity contribution < 1.29 is 14.3 Å². The van der Waals surface area contributed by atoms with E-state index in [1.807, 2.05) is 55.1 Å². The Kier molecular flexibility index (Phi) is 9.03. The van der Waals surface area contributed by atoms with Crippen LogP contribution in [0, 0.1) is 0 Å². The molecule has 0 aliphatic heterocycles. The lowest BCUT2D eigenvalue weighted by Crippen LogP contribution is -2.68. The number of aliphatic carboxylic acids is 1. The molecule has 0 aliphatic rings. The SMILES string of the molecule is CCSCCC(C)=C(C(=O)O)c1cccc(O[Si](c2ccccc2)(c2ccccc2)C(C)(C)C)c1. The molecule has 0 spiro atoms. The van der Waals surface area contributed by atoms with E-state index in [2.05, 4.69) is 76.2 Å². The lowest BCUT2D eigenvalue weighted by molar-refractivity contribution is -0.130. The van der Waals surface area contributed by atoms with E-state index in [1.165, 1.54) is 10.4 Å². The number of carboxylic acid groups (broad SMARTS) is 1. The van der Waals surface area contributed by atoms with Crippen LogP contribution in [0.3, 0.4) is 0 Å². The molecule has 0 fully saturated rings. The molecule has 5 heteroatoms. The molecule has 0 atom stereocenters. The number of carbonyl (C=O) groups is 1. The Morgan fingerprint density at radius 1 is 0.914 bits per heavy atom. The van der Waals surface area contributed by atoms with E-state index in [4.69, 9.17) is 4.43 Å². The number of allylic oxidation sites excluding steroid dienone is 1. The van der Waals surface area contributed by atoms with Crippen LogP contribution in [0.25, 0.3) is 5.57 Å². The normalized spacial score (nSPS) is 12.7. The fourth-order valence-electron chi connectivity index (χ4n) is 4.59.